The van der Waals surface area contributed by atoms with Crippen molar-refractivity contribution in [3.05, 3.63) is 38.4 Å². The zero-order valence-corrected chi connectivity index (χ0v) is 12.5. The molecule has 5 heteroatoms. The summed E-state index contributed by atoms with van der Waals surface area (Å²) in [5, 5.41) is 0. The van der Waals surface area contributed by atoms with Gasteiger partial charge in [0.1, 0.15) is 5.82 Å². The van der Waals surface area contributed by atoms with Crippen LogP contribution in [0.4, 0.5) is 5.82 Å². The monoisotopic (exact) mass is 311 g/mol. The van der Waals surface area contributed by atoms with Gasteiger partial charge in [0, 0.05) is 18.1 Å². The van der Waals surface area contributed by atoms with E-state index in [4.69, 9.17) is 0 Å². The lowest BCUT2D eigenvalue weighted by Gasteiger charge is -2.19. The number of hydrogen-bond donors (Lipinski definition) is 0. The minimum atomic E-state index is 0.838. The predicted octanol–water partition coefficient (Wildman–Crippen LogP) is 3.55. The van der Waals surface area contributed by atoms with E-state index in [-0.39, 0.29) is 0 Å². The summed E-state index contributed by atoms with van der Waals surface area (Å²) in [5.41, 5.74) is 4.14. The van der Waals surface area contributed by atoms with Crippen molar-refractivity contribution in [2.75, 3.05) is 11.9 Å². The first kappa shape index (κ1) is 12.5. The summed E-state index contributed by atoms with van der Waals surface area (Å²) in [6.07, 6.45) is 1.89. The highest BCUT2D eigenvalue weighted by atomic mass is 79.9. The van der Waals surface area contributed by atoms with Crippen molar-refractivity contribution in [3.8, 4) is 0 Å². The highest BCUT2D eigenvalue weighted by molar-refractivity contribution is 9.10. The van der Waals surface area contributed by atoms with Crippen molar-refractivity contribution in [1.29, 1.82) is 0 Å². The van der Waals surface area contributed by atoms with Crippen LogP contribution >= 0.6 is 27.3 Å². The van der Waals surface area contributed by atoms with Crippen LogP contribution in [0.1, 0.15) is 16.1 Å². The van der Waals surface area contributed by atoms with Crippen LogP contribution in [0.5, 0.6) is 0 Å². The van der Waals surface area contributed by atoms with Crippen LogP contribution in [-0.4, -0.2) is 17.0 Å². The lowest BCUT2D eigenvalue weighted by atomic mass is 10.3. The maximum absolute atomic E-state index is 4.45. The van der Waals surface area contributed by atoms with Gasteiger partial charge in [-0.05, 0) is 41.4 Å². The minimum absolute atomic E-state index is 0.838. The summed E-state index contributed by atoms with van der Waals surface area (Å²) in [4.78, 5) is 12.1. The quantitative estimate of drug-likeness (QED) is 0.868. The van der Waals surface area contributed by atoms with E-state index in [1.165, 1.54) is 4.88 Å². The second-order valence-electron chi connectivity index (χ2n) is 4.04. The van der Waals surface area contributed by atoms with Crippen LogP contribution in [-0.2, 0) is 6.54 Å². The summed E-state index contributed by atoms with van der Waals surface area (Å²) in [7, 11) is 2.04. The van der Waals surface area contributed by atoms with Crippen LogP contribution < -0.4 is 4.90 Å². The fourth-order valence-corrected chi connectivity index (χ4v) is 3.17. The summed E-state index contributed by atoms with van der Waals surface area (Å²) in [5.74, 6) is 0.961. The third kappa shape index (κ3) is 2.84. The topological polar surface area (TPSA) is 29.0 Å². The molecule has 0 unspecified atom stereocenters. The molecule has 0 spiro atoms. The van der Waals surface area contributed by atoms with Crippen LogP contribution in [0.2, 0.25) is 0 Å². The Morgan fingerprint density at radius 2 is 2.12 bits per heavy atom. The summed E-state index contributed by atoms with van der Waals surface area (Å²) >= 11 is 5.24. The molecule has 90 valence electrons. The molecule has 0 atom stereocenters. The lowest BCUT2D eigenvalue weighted by molar-refractivity contribution is 0.896. The summed E-state index contributed by atoms with van der Waals surface area (Å²) in [6, 6.07) is 2.08. The molecule has 0 saturated carbocycles. The predicted molar refractivity (Wildman–Crippen MR) is 75.6 cm³/mol. The maximum Gasteiger partial charge on any atom is 0.142 e. The lowest BCUT2D eigenvalue weighted by Crippen LogP contribution is -2.18. The Kier molecular flexibility index (Phi) is 3.79. The molecule has 0 aliphatic carbocycles. The number of thiazole rings is 1. The molecule has 0 aromatic carbocycles. The van der Waals surface area contributed by atoms with E-state index in [1.54, 1.807) is 11.3 Å². The maximum atomic E-state index is 4.45. The molecule has 0 fully saturated rings. The van der Waals surface area contributed by atoms with Crippen LogP contribution in [0.3, 0.4) is 0 Å². The molecule has 0 amide bonds. The van der Waals surface area contributed by atoms with Crippen molar-refractivity contribution in [1.82, 2.24) is 9.97 Å². The van der Waals surface area contributed by atoms with Crippen LogP contribution in [0.15, 0.2) is 22.2 Å². The third-order valence-corrected chi connectivity index (χ3v) is 4.05. The number of aryl methyl sites for hydroxylation is 2. The number of nitrogens with zero attached hydrogens (tertiary/aromatic N) is 3. The second kappa shape index (κ2) is 5.14. The number of aromatic nitrogens is 2. The van der Waals surface area contributed by atoms with E-state index in [2.05, 4.69) is 36.9 Å². The first-order valence-corrected chi connectivity index (χ1v) is 6.97. The molecule has 2 heterocycles. The van der Waals surface area contributed by atoms with Crippen molar-refractivity contribution < 1.29 is 0 Å². The number of hydrogen-bond acceptors (Lipinski definition) is 4. The highest BCUT2D eigenvalue weighted by Gasteiger charge is 2.10. The first-order valence-electron chi connectivity index (χ1n) is 5.30. The standard InChI is InChI=1S/C12H14BrN3S/c1-8-4-10(13)12(14-5-8)16(3)6-11-9(2)15-7-17-11/h4-5,7H,6H2,1-3H3. The van der Waals surface area contributed by atoms with Crippen LogP contribution in [0, 0.1) is 13.8 Å². The average molecular weight is 312 g/mol. The third-order valence-electron chi connectivity index (χ3n) is 2.55. The van der Waals surface area contributed by atoms with Crippen molar-refractivity contribution in [2.45, 2.75) is 20.4 Å². The number of rotatable bonds is 3. The first-order chi connectivity index (χ1) is 8.08. The van der Waals surface area contributed by atoms with E-state index in [1.807, 2.05) is 32.6 Å². The van der Waals surface area contributed by atoms with Gasteiger partial charge in [-0.3, -0.25) is 0 Å². The molecule has 0 bridgehead atoms. The Labute approximate surface area is 114 Å². The van der Waals surface area contributed by atoms with E-state index in [9.17, 15) is 0 Å². The van der Waals surface area contributed by atoms with Gasteiger partial charge >= 0.3 is 0 Å². The molecule has 0 N–H and O–H groups in total. The van der Waals surface area contributed by atoms with Gasteiger partial charge in [-0.15, -0.1) is 11.3 Å². The van der Waals surface area contributed by atoms with Gasteiger partial charge in [-0.25, -0.2) is 9.97 Å². The molecular weight excluding hydrogens is 298 g/mol. The Morgan fingerprint density at radius 3 is 2.71 bits per heavy atom. The van der Waals surface area contributed by atoms with Gasteiger partial charge in [0.15, 0.2) is 0 Å². The Bertz CT molecular complexity index is 524. The Balaban J connectivity index is 2.20. The average Bonchev–Trinajstić information content (AvgIpc) is 2.64. The summed E-state index contributed by atoms with van der Waals surface area (Å²) < 4.78 is 1.03. The fourth-order valence-electron chi connectivity index (χ4n) is 1.58. The van der Waals surface area contributed by atoms with E-state index in [0.29, 0.717) is 0 Å². The number of halogens is 1. The zero-order chi connectivity index (χ0) is 12.4. The van der Waals surface area contributed by atoms with Gasteiger partial charge in [0.05, 0.1) is 22.2 Å². The summed E-state index contributed by atoms with van der Waals surface area (Å²) in [6.45, 7) is 4.91. The van der Waals surface area contributed by atoms with Gasteiger partial charge in [-0.1, -0.05) is 0 Å². The Morgan fingerprint density at radius 1 is 1.35 bits per heavy atom. The van der Waals surface area contributed by atoms with Crippen molar-refractivity contribution >= 4 is 33.1 Å². The smallest absolute Gasteiger partial charge is 0.142 e. The van der Waals surface area contributed by atoms with Gasteiger partial charge in [0.25, 0.3) is 0 Å². The van der Waals surface area contributed by atoms with Crippen molar-refractivity contribution in [3.63, 3.8) is 0 Å². The van der Waals surface area contributed by atoms with E-state index < -0.39 is 0 Å². The van der Waals surface area contributed by atoms with Gasteiger partial charge in [0.2, 0.25) is 0 Å². The molecule has 2 aromatic rings. The molecule has 0 aliphatic heterocycles. The zero-order valence-electron chi connectivity index (χ0n) is 10.1. The fraction of sp³-hybridized carbons (Fsp3) is 0.333. The molecule has 0 radical (unpaired) electrons. The normalized spacial score (nSPS) is 10.6. The van der Waals surface area contributed by atoms with Crippen LogP contribution in [0.25, 0.3) is 0 Å². The van der Waals surface area contributed by atoms with E-state index in [0.717, 1.165) is 28.1 Å². The highest BCUT2D eigenvalue weighted by Crippen LogP contribution is 2.26. The molecule has 0 saturated heterocycles. The van der Waals surface area contributed by atoms with Gasteiger partial charge < -0.3 is 4.90 Å². The minimum Gasteiger partial charge on any atom is -0.354 e. The van der Waals surface area contributed by atoms with Crippen molar-refractivity contribution in [2.24, 2.45) is 0 Å². The molecule has 2 aromatic heterocycles. The SMILES string of the molecule is Cc1cnc(N(C)Cc2scnc2C)c(Br)c1. The Hall–Kier alpha value is -0.940. The molecule has 0 aliphatic rings. The molecule has 3 nitrogen and oxygen atoms in total. The van der Waals surface area contributed by atoms with Gasteiger partial charge in [-0.2, -0.15) is 0 Å². The largest absolute Gasteiger partial charge is 0.354 e. The number of pyridine rings is 1. The van der Waals surface area contributed by atoms with E-state index >= 15 is 0 Å². The molecular formula is C12H14BrN3S. The molecule has 2 rings (SSSR count). The second-order valence-corrected chi connectivity index (χ2v) is 5.83. The molecule has 17 heavy (non-hydrogen) atoms. The number of anilines is 1.